The van der Waals surface area contributed by atoms with Crippen molar-refractivity contribution in [3.63, 3.8) is 0 Å². The van der Waals surface area contributed by atoms with Gasteiger partial charge in [0.05, 0.1) is 18.2 Å². The predicted molar refractivity (Wildman–Crippen MR) is 120 cm³/mol. The molecule has 4 rings (SSSR count). The van der Waals surface area contributed by atoms with Crippen LogP contribution in [0.5, 0.6) is 0 Å². The van der Waals surface area contributed by atoms with Crippen LogP contribution in [0.25, 0.3) is 21.5 Å². The van der Waals surface area contributed by atoms with Crippen molar-refractivity contribution in [2.75, 3.05) is 7.11 Å². The molecular formula is C26H20F3NO3. The molecule has 1 N–H and O–H groups in total. The Morgan fingerprint density at radius 2 is 1.42 bits per heavy atom. The molecule has 4 aromatic rings. The van der Waals surface area contributed by atoms with Crippen LogP contribution in [0.2, 0.25) is 0 Å². The number of fused-ring (bicyclic) bond motifs is 2. The molecule has 0 fully saturated rings. The molecule has 33 heavy (non-hydrogen) atoms. The van der Waals surface area contributed by atoms with Gasteiger partial charge >= 0.3 is 12.1 Å². The molecule has 0 aliphatic rings. The minimum atomic E-state index is -4.59. The van der Waals surface area contributed by atoms with E-state index in [0.717, 1.165) is 23.9 Å². The molecule has 0 radical (unpaired) electrons. The molecule has 1 amide bonds. The Kier molecular flexibility index (Phi) is 6.05. The molecule has 4 aromatic carbocycles. The predicted octanol–water partition coefficient (Wildman–Crippen LogP) is 5.53. The first-order valence-electron chi connectivity index (χ1n) is 10.2. The minimum absolute atomic E-state index is 0.108. The summed E-state index contributed by atoms with van der Waals surface area (Å²) in [5.41, 5.74) is -0.617. The van der Waals surface area contributed by atoms with E-state index < -0.39 is 29.7 Å². The second-order valence-corrected chi connectivity index (χ2v) is 7.60. The molecule has 0 spiro atoms. The summed E-state index contributed by atoms with van der Waals surface area (Å²) in [5, 5.41) is 5.63. The van der Waals surface area contributed by atoms with Crippen molar-refractivity contribution in [3.05, 3.63) is 95.6 Å². The number of methoxy groups -OCH3 is 1. The van der Waals surface area contributed by atoms with Gasteiger partial charge in [-0.2, -0.15) is 13.2 Å². The number of esters is 1. The lowest BCUT2D eigenvalue weighted by Gasteiger charge is -2.20. The lowest BCUT2D eigenvalue weighted by atomic mass is 9.95. The Bertz CT molecular complexity index is 1290. The monoisotopic (exact) mass is 451 g/mol. The van der Waals surface area contributed by atoms with Crippen molar-refractivity contribution in [2.24, 2.45) is 0 Å². The number of nitrogens with one attached hydrogen (secondary N) is 1. The lowest BCUT2D eigenvalue weighted by molar-refractivity contribution is -0.144. The number of carbonyl (C=O) groups excluding carboxylic acids is 2. The molecule has 0 saturated heterocycles. The number of amides is 1. The van der Waals surface area contributed by atoms with Crippen LogP contribution in [0.4, 0.5) is 13.2 Å². The zero-order valence-electron chi connectivity index (χ0n) is 17.6. The first kappa shape index (κ1) is 22.3. The fourth-order valence-electron chi connectivity index (χ4n) is 4.02. The molecule has 7 heteroatoms. The normalized spacial score (nSPS) is 12.5. The molecule has 0 aromatic heterocycles. The van der Waals surface area contributed by atoms with E-state index in [4.69, 9.17) is 4.74 Å². The van der Waals surface area contributed by atoms with Gasteiger partial charge in [0.2, 0.25) is 0 Å². The van der Waals surface area contributed by atoms with Crippen molar-refractivity contribution in [2.45, 2.75) is 18.6 Å². The Balaban J connectivity index is 1.76. The van der Waals surface area contributed by atoms with E-state index in [1.807, 2.05) is 30.3 Å². The Labute approximate surface area is 188 Å². The summed E-state index contributed by atoms with van der Waals surface area (Å²) in [6.45, 7) is 0. The number of hydrogen-bond donors (Lipinski definition) is 1. The summed E-state index contributed by atoms with van der Waals surface area (Å²) >= 11 is 0. The average molecular weight is 451 g/mol. The lowest BCUT2D eigenvalue weighted by Crippen LogP contribution is -2.43. The zero-order valence-corrected chi connectivity index (χ0v) is 17.6. The highest BCUT2D eigenvalue weighted by atomic mass is 19.4. The smallest absolute Gasteiger partial charge is 0.416 e. The molecule has 168 valence electrons. The van der Waals surface area contributed by atoms with Crippen molar-refractivity contribution in [1.29, 1.82) is 0 Å². The van der Waals surface area contributed by atoms with E-state index in [1.54, 1.807) is 24.3 Å². The van der Waals surface area contributed by atoms with Gasteiger partial charge in [0, 0.05) is 6.42 Å². The van der Waals surface area contributed by atoms with E-state index >= 15 is 0 Å². The van der Waals surface area contributed by atoms with E-state index in [1.165, 1.54) is 18.2 Å². The van der Waals surface area contributed by atoms with Crippen molar-refractivity contribution >= 4 is 33.4 Å². The summed E-state index contributed by atoms with van der Waals surface area (Å²) in [5.74, 6) is -1.40. The van der Waals surface area contributed by atoms with Crippen LogP contribution in [0.3, 0.4) is 0 Å². The van der Waals surface area contributed by atoms with Crippen LogP contribution in [-0.2, 0) is 22.1 Å². The van der Waals surface area contributed by atoms with E-state index in [2.05, 4.69) is 5.32 Å². The maximum absolute atomic E-state index is 13.5. The maximum atomic E-state index is 13.5. The van der Waals surface area contributed by atoms with Crippen LogP contribution in [-0.4, -0.2) is 25.0 Å². The molecule has 0 bridgehead atoms. The summed E-state index contributed by atoms with van der Waals surface area (Å²) in [6, 6.07) is 20.3. The highest BCUT2D eigenvalue weighted by Gasteiger charge is 2.35. The zero-order chi connectivity index (χ0) is 23.6. The molecule has 4 nitrogen and oxygen atoms in total. The van der Waals surface area contributed by atoms with Gasteiger partial charge in [0.25, 0.3) is 5.91 Å². The van der Waals surface area contributed by atoms with Crippen LogP contribution in [0.1, 0.15) is 21.5 Å². The first-order chi connectivity index (χ1) is 15.8. The van der Waals surface area contributed by atoms with E-state index in [9.17, 15) is 22.8 Å². The number of halogens is 3. The fourth-order valence-corrected chi connectivity index (χ4v) is 4.02. The number of rotatable bonds is 5. The summed E-state index contributed by atoms with van der Waals surface area (Å²) in [6.07, 6.45) is -4.95. The Hall–Kier alpha value is -3.87. The standard InChI is InChI=1S/C26H20F3NO3/c1-33-25(32)22(15-18-10-4-7-13-21(18)26(27,28)29)30-24(31)23-19-11-5-2-8-16(19)14-17-9-3-6-12-20(17)23/h2-14,22H,15H2,1H3,(H,30,31)/t22-/m0/s1. The Morgan fingerprint density at radius 1 is 0.879 bits per heavy atom. The van der Waals surface area contributed by atoms with E-state index in [-0.39, 0.29) is 12.0 Å². The van der Waals surface area contributed by atoms with Crippen LogP contribution in [0.15, 0.2) is 78.9 Å². The third-order valence-electron chi connectivity index (χ3n) is 5.54. The second-order valence-electron chi connectivity index (χ2n) is 7.60. The van der Waals surface area contributed by atoms with Gasteiger partial charge in [-0.05, 0) is 39.2 Å². The van der Waals surface area contributed by atoms with Crippen LogP contribution in [0, 0.1) is 0 Å². The first-order valence-corrected chi connectivity index (χ1v) is 10.2. The van der Waals surface area contributed by atoms with Gasteiger partial charge < -0.3 is 10.1 Å². The summed E-state index contributed by atoms with van der Waals surface area (Å²) in [4.78, 5) is 25.9. The summed E-state index contributed by atoms with van der Waals surface area (Å²) in [7, 11) is 1.13. The second kappa shape index (κ2) is 8.94. The van der Waals surface area contributed by atoms with Gasteiger partial charge in [0.15, 0.2) is 0 Å². The number of benzene rings is 4. The molecule has 0 unspecified atom stereocenters. The van der Waals surface area contributed by atoms with Gasteiger partial charge in [-0.25, -0.2) is 4.79 Å². The number of ether oxygens (including phenoxy) is 1. The van der Waals surface area contributed by atoms with Gasteiger partial charge in [-0.15, -0.1) is 0 Å². The average Bonchev–Trinajstić information content (AvgIpc) is 2.81. The van der Waals surface area contributed by atoms with Crippen molar-refractivity contribution in [1.82, 2.24) is 5.32 Å². The molecule has 0 aliphatic carbocycles. The minimum Gasteiger partial charge on any atom is -0.467 e. The number of carbonyl (C=O) groups is 2. The molecule has 0 heterocycles. The largest absolute Gasteiger partial charge is 0.467 e. The SMILES string of the molecule is COC(=O)[C@H](Cc1ccccc1C(F)(F)F)NC(=O)c1c2ccccc2cc2ccccc12. The highest BCUT2D eigenvalue weighted by Crippen LogP contribution is 2.33. The molecule has 0 aliphatic heterocycles. The van der Waals surface area contributed by atoms with Crippen molar-refractivity contribution < 1.29 is 27.5 Å². The number of hydrogen-bond acceptors (Lipinski definition) is 3. The Morgan fingerprint density at radius 3 is 2.00 bits per heavy atom. The topological polar surface area (TPSA) is 55.4 Å². The third-order valence-corrected chi connectivity index (χ3v) is 5.54. The van der Waals surface area contributed by atoms with Gasteiger partial charge in [-0.1, -0.05) is 66.7 Å². The highest BCUT2D eigenvalue weighted by molar-refractivity contribution is 6.18. The summed E-state index contributed by atoms with van der Waals surface area (Å²) < 4.78 is 45.2. The quantitative estimate of drug-likeness (QED) is 0.321. The maximum Gasteiger partial charge on any atom is 0.416 e. The van der Waals surface area contributed by atoms with E-state index in [0.29, 0.717) is 16.3 Å². The molecule has 1 atom stereocenters. The van der Waals surface area contributed by atoms with Crippen LogP contribution >= 0.6 is 0 Å². The molecular weight excluding hydrogens is 431 g/mol. The third kappa shape index (κ3) is 4.53. The van der Waals surface area contributed by atoms with Gasteiger partial charge in [-0.3, -0.25) is 4.79 Å². The molecule has 0 saturated carbocycles. The van der Waals surface area contributed by atoms with Crippen molar-refractivity contribution in [3.8, 4) is 0 Å². The van der Waals surface area contributed by atoms with Crippen LogP contribution < -0.4 is 5.32 Å². The van der Waals surface area contributed by atoms with Gasteiger partial charge in [0.1, 0.15) is 6.04 Å². The number of alkyl halides is 3. The fraction of sp³-hybridized carbons (Fsp3) is 0.154.